The van der Waals surface area contributed by atoms with E-state index in [9.17, 15) is 0 Å². The van der Waals surface area contributed by atoms with E-state index in [1.54, 1.807) is 0 Å². The molecule has 0 aromatic carbocycles. The van der Waals surface area contributed by atoms with E-state index >= 15 is 0 Å². The van der Waals surface area contributed by atoms with E-state index in [4.69, 9.17) is 9.47 Å². The highest BCUT2D eigenvalue weighted by atomic mass is 32.1. The van der Waals surface area contributed by atoms with Gasteiger partial charge in [0.1, 0.15) is 5.60 Å². The highest BCUT2D eigenvalue weighted by molar-refractivity contribution is 7.09. The summed E-state index contributed by atoms with van der Waals surface area (Å²) in [4.78, 5) is 4.63. The average Bonchev–Trinajstić information content (AvgIpc) is 2.77. The van der Waals surface area contributed by atoms with Crippen molar-refractivity contribution < 1.29 is 9.47 Å². The van der Waals surface area contributed by atoms with E-state index in [0.717, 1.165) is 23.8 Å². The molecule has 6 heteroatoms. The number of hydrogen-bond donors (Lipinski definition) is 1. The first-order valence-corrected chi connectivity index (χ1v) is 7.57. The molecule has 2 heterocycles. The quantitative estimate of drug-likeness (QED) is 0.922. The molecule has 1 N–H and O–H groups in total. The van der Waals surface area contributed by atoms with Crippen LogP contribution in [0.25, 0.3) is 0 Å². The van der Waals surface area contributed by atoms with Crippen LogP contribution in [0.5, 0.6) is 0 Å². The first-order chi connectivity index (χ1) is 8.95. The first kappa shape index (κ1) is 14.7. The van der Waals surface area contributed by atoms with E-state index in [0.29, 0.717) is 19.8 Å². The SMILES string of the molecule is CCOC1(c2nsc(NC(C)(C)C)n2)CCOCC1. The number of ether oxygens (including phenoxy) is 2. The second-order valence-electron chi connectivity index (χ2n) is 5.84. The van der Waals surface area contributed by atoms with Gasteiger partial charge in [0.05, 0.1) is 0 Å². The molecule has 19 heavy (non-hydrogen) atoms. The van der Waals surface area contributed by atoms with Gasteiger partial charge in [-0.05, 0) is 27.7 Å². The normalized spacial score (nSPS) is 19.4. The molecule has 0 radical (unpaired) electrons. The van der Waals surface area contributed by atoms with Crippen molar-refractivity contribution in [1.82, 2.24) is 9.36 Å². The van der Waals surface area contributed by atoms with Crippen molar-refractivity contribution in [3.8, 4) is 0 Å². The minimum Gasteiger partial charge on any atom is -0.381 e. The molecule has 1 aliphatic heterocycles. The summed E-state index contributed by atoms with van der Waals surface area (Å²) in [7, 11) is 0. The Morgan fingerprint density at radius 2 is 2.05 bits per heavy atom. The summed E-state index contributed by atoms with van der Waals surface area (Å²) in [6, 6.07) is 0. The van der Waals surface area contributed by atoms with Crippen molar-refractivity contribution in [2.75, 3.05) is 25.1 Å². The Kier molecular flexibility index (Phi) is 4.43. The monoisotopic (exact) mass is 285 g/mol. The summed E-state index contributed by atoms with van der Waals surface area (Å²) in [5, 5.41) is 4.21. The van der Waals surface area contributed by atoms with E-state index < -0.39 is 0 Å². The fourth-order valence-electron chi connectivity index (χ4n) is 2.19. The highest BCUT2D eigenvalue weighted by Gasteiger charge is 2.39. The maximum atomic E-state index is 5.97. The van der Waals surface area contributed by atoms with E-state index in [1.165, 1.54) is 11.5 Å². The van der Waals surface area contributed by atoms with Gasteiger partial charge in [0.25, 0.3) is 0 Å². The molecule has 2 rings (SSSR count). The summed E-state index contributed by atoms with van der Waals surface area (Å²) >= 11 is 1.40. The third kappa shape index (κ3) is 3.64. The van der Waals surface area contributed by atoms with Gasteiger partial charge in [-0.1, -0.05) is 0 Å². The Morgan fingerprint density at radius 3 is 2.63 bits per heavy atom. The molecule has 0 saturated carbocycles. The highest BCUT2D eigenvalue weighted by Crippen LogP contribution is 2.36. The van der Waals surface area contributed by atoms with Crippen LogP contribution in [0.2, 0.25) is 0 Å². The molecule has 0 aliphatic carbocycles. The predicted molar refractivity (Wildman–Crippen MR) is 76.6 cm³/mol. The maximum Gasteiger partial charge on any atom is 0.203 e. The molecule has 1 aromatic rings. The average molecular weight is 285 g/mol. The zero-order chi connectivity index (χ0) is 13.9. The van der Waals surface area contributed by atoms with Crippen molar-refractivity contribution in [1.29, 1.82) is 0 Å². The van der Waals surface area contributed by atoms with Gasteiger partial charge in [-0.3, -0.25) is 0 Å². The molecule has 0 atom stereocenters. The standard InChI is InChI=1S/C13H23N3O2S/c1-5-18-13(6-8-17-9-7-13)10-14-11(19-16-10)15-12(2,3)4/h5-9H2,1-4H3,(H,14,15,16). The number of nitrogens with zero attached hydrogens (tertiary/aromatic N) is 2. The van der Waals surface area contributed by atoms with Gasteiger partial charge in [0.15, 0.2) is 5.82 Å². The molecule has 108 valence electrons. The molecular formula is C13H23N3O2S. The van der Waals surface area contributed by atoms with Crippen LogP contribution in [0.3, 0.4) is 0 Å². The van der Waals surface area contributed by atoms with E-state index in [2.05, 4.69) is 35.4 Å². The summed E-state index contributed by atoms with van der Waals surface area (Å²) in [5.74, 6) is 0.800. The minimum absolute atomic E-state index is 0.00867. The summed E-state index contributed by atoms with van der Waals surface area (Å²) in [6.45, 7) is 10.4. The fourth-order valence-corrected chi connectivity index (χ4v) is 3.05. The second kappa shape index (κ2) is 5.73. The fraction of sp³-hybridized carbons (Fsp3) is 0.846. The van der Waals surface area contributed by atoms with E-state index in [1.807, 2.05) is 6.92 Å². The van der Waals surface area contributed by atoms with Crippen molar-refractivity contribution in [2.24, 2.45) is 0 Å². The largest absolute Gasteiger partial charge is 0.381 e. The molecular weight excluding hydrogens is 262 g/mol. The third-order valence-corrected chi connectivity index (χ3v) is 3.67. The number of nitrogens with one attached hydrogen (secondary N) is 1. The van der Waals surface area contributed by atoms with Crippen LogP contribution in [0.4, 0.5) is 5.13 Å². The van der Waals surface area contributed by atoms with Crippen LogP contribution < -0.4 is 5.32 Å². The molecule has 0 spiro atoms. The van der Waals surface area contributed by atoms with Crippen molar-refractivity contribution >= 4 is 16.7 Å². The van der Waals surface area contributed by atoms with Gasteiger partial charge in [0.2, 0.25) is 5.13 Å². The second-order valence-corrected chi connectivity index (χ2v) is 6.59. The summed E-state index contributed by atoms with van der Waals surface area (Å²) in [6.07, 6.45) is 1.65. The molecule has 0 bridgehead atoms. The lowest BCUT2D eigenvalue weighted by atomic mass is 9.93. The Morgan fingerprint density at radius 1 is 1.37 bits per heavy atom. The lowest BCUT2D eigenvalue weighted by Crippen LogP contribution is -2.37. The van der Waals surface area contributed by atoms with Crippen LogP contribution in [-0.2, 0) is 15.1 Å². The van der Waals surface area contributed by atoms with Crippen molar-refractivity contribution in [3.63, 3.8) is 0 Å². The predicted octanol–water partition coefficient (Wildman–Crippen LogP) is 2.79. The zero-order valence-electron chi connectivity index (χ0n) is 12.2. The van der Waals surface area contributed by atoms with Crippen molar-refractivity contribution in [2.45, 2.75) is 51.7 Å². The molecule has 1 aliphatic rings. The lowest BCUT2D eigenvalue weighted by Gasteiger charge is -2.34. The van der Waals surface area contributed by atoms with Crippen LogP contribution in [-0.4, -0.2) is 34.7 Å². The van der Waals surface area contributed by atoms with Gasteiger partial charge >= 0.3 is 0 Å². The summed E-state index contributed by atoms with van der Waals surface area (Å²) in [5.41, 5.74) is -0.368. The van der Waals surface area contributed by atoms with Crippen LogP contribution in [0.1, 0.15) is 46.4 Å². The molecule has 1 aromatic heterocycles. The van der Waals surface area contributed by atoms with Crippen LogP contribution in [0.15, 0.2) is 0 Å². The number of hydrogen-bond acceptors (Lipinski definition) is 6. The Labute approximate surface area is 118 Å². The Balaban J connectivity index is 2.18. The van der Waals surface area contributed by atoms with Gasteiger partial charge < -0.3 is 14.8 Å². The first-order valence-electron chi connectivity index (χ1n) is 6.79. The van der Waals surface area contributed by atoms with Crippen molar-refractivity contribution in [3.05, 3.63) is 5.82 Å². The molecule has 5 nitrogen and oxygen atoms in total. The van der Waals surface area contributed by atoms with Gasteiger partial charge in [-0.15, -0.1) is 0 Å². The van der Waals surface area contributed by atoms with Gasteiger partial charge in [-0.2, -0.15) is 4.37 Å². The molecule has 0 unspecified atom stereocenters. The van der Waals surface area contributed by atoms with Gasteiger partial charge in [-0.25, -0.2) is 4.98 Å². The minimum atomic E-state index is -0.360. The zero-order valence-corrected chi connectivity index (χ0v) is 13.0. The van der Waals surface area contributed by atoms with Gasteiger partial charge in [0, 0.05) is 49.7 Å². The third-order valence-electron chi connectivity index (χ3n) is 3.04. The lowest BCUT2D eigenvalue weighted by molar-refractivity contribution is -0.117. The molecule has 1 saturated heterocycles. The van der Waals surface area contributed by atoms with Crippen LogP contribution in [0, 0.1) is 0 Å². The number of aromatic nitrogens is 2. The maximum absolute atomic E-state index is 5.97. The van der Waals surface area contributed by atoms with E-state index in [-0.39, 0.29) is 11.1 Å². The summed E-state index contributed by atoms with van der Waals surface area (Å²) < 4.78 is 15.9. The Bertz CT molecular complexity index is 403. The number of rotatable bonds is 4. The molecule has 0 amide bonds. The topological polar surface area (TPSA) is 56.3 Å². The molecule has 1 fully saturated rings. The Hall–Kier alpha value is -0.720. The van der Waals surface area contributed by atoms with Crippen LogP contribution >= 0.6 is 11.5 Å². The number of anilines is 1. The smallest absolute Gasteiger partial charge is 0.203 e.